The summed E-state index contributed by atoms with van der Waals surface area (Å²) in [6.07, 6.45) is 0. The predicted molar refractivity (Wildman–Crippen MR) is 64.3 cm³/mol. The molecule has 0 saturated carbocycles. The first-order valence-corrected chi connectivity index (χ1v) is 6.03. The molecule has 7 heteroatoms. The maximum Gasteiger partial charge on any atom is 0.294 e. The van der Waals surface area contributed by atoms with Crippen LogP contribution in [0.3, 0.4) is 0 Å². The lowest BCUT2D eigenvalue weighted by Gasteiger charge is -2.08. The summed E-state index contributed by atoms with van der Waals surface area (Å²) in [6, 6.07) is 5.00. The van der Waals surface area contributed by atoms with Gasteiger partial charge in [-0.15, -0.1) is 0 Å². The average molecular weight is 254 g/mol. The van der Waals surface area contributed by atoms with Crippen molar-refractivity contribution < 1.29 is 18.1 Å². The number of aromatic hydroxyl groups is 1. The minimum absolute atomic E-state index is 0.107. The normalized spacial score (nSPS) is 11.8. The van der Waals surface area contributed by atoms with Crippen LogP contribution in [0.1, 0.15) is 0 Å². The van der Waals surface area contributed by atoms with E-state index in [0.717, 1.165) is 0 Å². The number of hydrogen-bond acceptors (Lipinski definition) is 5. The largest absolute Gasteiger partial charge is 0.506 e. The van der Waals surface area contributed by atoms with Gasteiger partial charge in [0.2, 0.25) is 0 Å². The molecule has 6 N–H and O–H groups in total. The fourth-order valence-electron chi connectivity index (χ4n) is 1.60. The molecule has 17 heavy (non-hydrogen) atoms. The number of rotatable bonds is 1. The van der Waals surface area contributed by atoms with E-state index in [-0.39, 0.29) is 22.0 Å². The molecule has 0 aliphatic heterocycles. The first-order valence-electron chi connectivity index (χ1n) is 4.59. The molecule has 2 aromatic carbocycles. The third-order valence-electron chi connectivity index (χ3n) is 2.46. The maximum absolute atomic E-state index is 11.0. The van der Waals surface area contributed by atoms with Crippen molar-refractivity contribution in [2.24, 2.45) is 0 Å². The molecule has 0 aliphatic carbocycles. The smallest absolute Gasteiger partial charge is 0.294 e. The fraction of sp³-hybridized carbons (Fsp3) is 0. The molecule has 0 unspecified atom stereocenters. The van der Waals surface area contributed by atoms with Crippen LogP contribution in [0.15, 0.2) is 29.2 Å². The second-order valence-electron chi connectivity index (χ2n) is 3.58. The van der Waals surface area contributed by atoms with Gasteiger partial charge in [0.1, 0.15) is 5.75 Å². The van der Waals surface area contributed by atoms with Gasteiger partial charge in [-0.2, -0.15) is 8.42 Å². The van der Waals surface area contributed by atoms with E-state index in [1.165, 1.54) is 24.3 Å². The highest BCUT2D eigenvalue weighted by molar-refractivity contribution is 7.85. The molecular formula is C10H10N2O4S. The minimum atomic E-state index is -4.29. The van der Waals surface area contributed by atoms with Gasteiger partial charge in [-0.1, -0.05) is 6.07 Å². The molecule has 2 rings (SSSR count). The first-order chi connectivity index (χ1) is 7.80. The van der Waals surface area contributed by atoms with Gasteiger partial charge in [0.25, 0.3) is 10.1 Å². The van der Waals surface area contributed by atoms with Crippen molar-refractivity contribution in [3.05, 3.63) is 24.3 Å². The zero-order valence-corrected chi connectivity index (χ0v) is 9.40. The van der Waals surface area contributed by atoms with Crippen LogP contribution in [0.4, 0.5) is 11.4 Å². The monoisotopic (exact) mass is 254 g/mol. The summed E-state index contributed by atoms with van der Waals surface area (Å²) in [5.41, 5.74) is 11.6. The summed E-state index contributed by atoms with van der Waals surface area (Å²) >= 11 is 0. The Kier molecular flexibility index (Phi) is 2.37. The lowest BCUT2D eigenvalue weighted by molar-refractivity contribution is 0.479. The standard InChI is InChI=1S/C10H10N2O4S/c11-8-4-9(13)10(12)6-2-1-5(3-7(6)8)17(14,15)16/h1-4,13H,11-12H2,(H,14,15,16). The zero-order chi connectivity index (χ0) is 12.8. The Morgan fingerprint density at radius 3 is 2.29 bits per heavy atom. The highest BCUT2D eigenvalue weighted by Crippen LogP contribution is 2.35. The van der Waals surface area contributed by atoms with Crippen molar-refractivity contribution in [1.82, 2.24) is 0 Å². The number of nitrogen functional groups attached to an aromatic ring is 2. The molecule has 0 fully saturated rings. The fourth-order valence-corrected chi connectivity index (χ4v) is 2.11. The number of phenolic OH excluding ortho intramolecular Hbond substituents is 1. The van der Waals surface area contributed by atoms with E-state index in [9.17, 15) is 13.5 Å². The highest BCUT2D eigenvalue weighted by Gasteiger charge is 2.13. The summed E-state index contributed by atoms with van der Waals surface area (Å²) in [7, 11) is -4.29. The molecule has 90 valence electrons. The van der Waals surface area contributed by atoms with Crippen molar-refractivity contribution in [3.8, 4) is 5.75 Å². The van der Waals surface area contributed by atoms with Crippen molar-refractivity contribution >= 4 is 32.3 Å². The summed E-state index contributed by atoms with van der Waals surface area (Å²) in [5, 5.41) is 10.2. The van der Waals surface area contributed by atoms with Gasteiger partial charge in [0, 0.05) is 22.5 Å². The summed E-state index contributed by atoms with van der Waals surface area (Å²) in [4.78, 5) is -0.276. The van der Waals surface area contributed by atoms with Gasteiger partial charge in [-0.25, -0.2) is 0 Å². The Balaban J connectivity index is 2.89. The van der Waals surface area contributed by atoms with Crippen molar-refractivity contribution in [1.29, 1.82) is 0 Å². The Bertz CT molecular complexity index is 710. The van der Waals surface area contributed by atoms with Crippen molar-refractivity contribution in [2.75, 3.05) is 11.5 Å². The van der Waals surface area contributed by atoms with Gasteiger partial charge in [-0.05, 0) is 12.1 Å². The van der Waals surface area contributed by atoms with E-state index < -0.39 is 10.1 Å². The van der Waals surface area contributed by atoms with Gasteiger partial charge in [0.05, 0.1) is 10.6 Å². The topological polar surface area (TPSA) is 127 Å². The van der Waals surface area contributed by atoms with Crippen molar-refractivity contribution in [2.45, 2.75) is 4.90 Å². The number of fused-ring (bicyclic) bond motifs is 1. The number of benzene rings is 2. The van der Waals surface area contributed by atoms with Crippen LogP contribution >= 0.6 is 0 Å². The van der Waals surface area contributed by atoms with E-state index >= 15 is 0 Å². The molecule has 0 spiro atoms. The molecule has 0 bridgehead atoms. The number of nitrogens with two attached hydrogens (primary N) is 2. The van der Waals surface area contributed by atoms with Gasteiger partial charge in [-0.3, -0.25) is 4.55 Å². The van der Waals surface area contributed by atoms with Crippen LogP contribution in [-0.4, -0.2) is 18.1 Å². The number of hydrogen-bond donors (Lipinski definition) is 4. The molecule has 2 aromatic rings. The lowest BCUT2D eigenvalue weighted by Crippen LogP contribution is -1.99. The molecule has 0 saturated heterocycles. The minimum Gasteiger partial charge on any atom is -0.506 e. The average Bonchev–Trinajstić information content (AvgIpc) is 2.24. The van der Waals surface area contributed by atoms with E-state index in [1.807, 2.05) is 0 Å². The molecule has 0 aromatic heterocycles. The van der Waals surface area contributed by atoms with Gasteiger partial charge >= 0.3 is 0 Å². The molecular weight excluding hydrogens is 244 g/mol. The summed E-state index contributed by atoms with van der Waals surface area (Å²) in [5.74, 6) is -0.172. The van der Waals surface area contributed by atoms with Crippen LogP contribution in [0, 0.1) is 0 Å². The van der Waals surface area contributed by atoms with Crippen LogP contribution in [-0.2, 0) is 10.1 Å². The van der Waals surface area contributed by atoms with E-state index in [0.29, 0.717) is 10.8 Å². The molecule has 0 radical (unpaired) electrons. The Morgan fingerprint density at radius 1 is 1.06 bits per heavy atom. The summed E-state index contributed by atoms with van der Waals surface area (Å²) in [6.45, 7) is 0. The van der Waals surface area contributed by atoms with Crippen LogP contribution in [0.25, 0.3) is 10.8 Å². The first kappa shape index (κ1) is 11.5. The molecule has 0 atom stereocenters. The van der Waals surface area contributed by atoms with Gasteiger partial charge in [0.15, 0.2) is 0 Å². The van der Waals surface area contributed by atoms with Gasteiger partial charge < -0.3 is 16.6 Å². The Labute approximate surface area is 97.2 Å². The number of anilines is 2. The third-order valence-corrected chi connectivity index (χ3v) is 3.31. The van der Waals surface area contributed by atoms with E-state index in [2.05, 4.69) is 0 Å². The lowest BCUT2D eigenvalue weighted by atomic mass is 10.1. The molecule has 0 amide bonds. The van der Waals surface area contributed by atoms with Crippen LogP contribution < -0.4 is 11.5 Å². The number of phenols is 1. The second-order valence-corrected chi connectivity index (χ2v) is 5.00. The summed E-state index contributed by atoms with van der Waals surface area (Å²) < 4.78 is 30.9. The Morgan fingerprint density at radius 2 is 1.71 bits per heavy atom. The molecule has 0 aliphatic rings. The van der Waals surface area contributed by atoms with E-state index in [4.69, 9.17) is 16.0 Å². The third kappa shape index (κ3) is 1.85. The zero-order valence-electron chi connectivity index (χ0n) is 8.58. The quantitative estimate of drug-likeness (QED) is 0.341. The van der Waals surface area contributed by atoms with Crippen molar-refractivity contribution in [3.63, 3.8) is 0 Å². The van der Waals surface area contributed by atoms with E-state index in [1.54, 1.807) is 0 Å². The van der Waals surface area contributed by atoms with Crippen LogP contribution in [0.2, 0.25) is 0 Å². The SMILES string of the molecule is Nc1cc(O)c(N)c2ccc(S(=O)(=O)O)cc12. The molecule has 0 heterocycles. The predicted octanol–water partition coefficient (Wildman–Crippen LogP) is 0.957. The van der Waals surface area contributed by atoms with Crippen LogP contribution in [0.5, 0.6) is 5.75 Å². The highest BCUT2D eigenvalue weighted by atomic mass is 32.2. The second kappa shape index (κ2) is 3.51. The Hall–Kier alpha value is -1.99. The maximum atomic E-state index is 11.0. The molecule has 6 nitrogen and oxygen atoms in total.